The van der Waals surface area contributed by atoms with Crippen molar-refractivity contribution < 1.29 is 14.1 Å². The number of hydrogen-bond donors (Lipinski definition) is 1. The van der Waals surface area contributed by atoms with E-state index < -0.39 is 4.92 Å². The molecule has 0 atom stereocenters. The van der Waals surface area contributed by atoms with Crippen LogP contribution in [0.15, 0.2) is 71.1 Å². The molecule has 1 N–H and O–H groups in total. The summed E-state index contributed by atoms with van der Waals surface area (Å²) in [6.07, 6.45) is 0. The molecule has 0 bridgehead atoms. The number of aromatic nitrogens is 1. The van der Waals surface area contributed by atoms with Crippen LogP contribution in [-0.4, -0.2) is 15.8 Å². The van der Waals surface area contributed by atoms with Gasteiger partial charge in [0.2, 0.25) is 5.89 Å². The van der Waals surface area contributed by atoms with E-state index in [9.17, 15) is 14.9 Å². The van der Waals surface area contributed by atoms with Gasteiger partial charge in [-0.3, -0.25) is 14.9 Å². The van der Waals surface area contributed by atoms with Gasteiger partial charge in [-0.15, -0.1) is 0 Å². The van der Waals surface area contributed by atoms with Crippen molar-refractivity contribution >= 4 is 28.4 Å². The van der Waals surface area contributed by atoms with Gasteiger partial charge in [-0.05, 0) is 41.3 Å². The van der Waals surface area contributed by atoms with E-state index in [1.807, 2.05) is 12.1 Å². The topological polar surface area (TPSA) is 98.3 Å². The predicted molar refractivity (Wildman–Crippen MR) is 119 cm³/mol. The maximum Gasteiger partial charge on any atom is 0.273 e. The molecule has 0 spiro atoms. The highest BCUT2D eigenvalue weighted by Crippen LogP contribution is 2.32. The molecule has 1 aromatic heterocycles. The molecule has 0 unspecified atom stereocenters. The molecule has 0 aliphatic rings. The first-order chi connectivity index (χ1) is 14.7. The molecule has 7 heteroatoms. The monoisotopic (exact) mass is 415 g/mol. The van der Waals surface area contributed by atoms with Crippen molar-refractivity contribution in [1.82, 2.24) is 4.98 Å². The Balaban J connectivity index is 1.64. The first kappa shape index (κ1) is 20.3. The Labute approximate surface area is 178 Å². The molecule has 7 nitrogen and oxygen atoms in total. The smallest absolute Gasteiger partial charge is 0.273 e. The number of nitrogens with zero attached hydrogens (tertiary/aromatic N) is 2. The minimum absolute atomic E-state index is 0.00361. The average molecular weight is 415 g/mol. The summed E-state index contributed by atoms with van der Waals surface area (Å²) >= 11 is 0. The fourth-order valence-electron chi connectivity index (χ4n) is 3.24. The zero-order valence-corrected chi connectivity index (χ0v) is 17.4. The summed E-state index contributed by atoms with van der Waals surface area (Å²) in [6.45, 7) is 6.35. The van der Waals surface area contributed by atoms with Gasteiger partial charge in [0.05, 0.1) is 22.2 Å². The lowest BCUT2D eigenvalue weighted by atomic mass is 9.87. The second-order valence-corrected chi connectivity index (χ2v) is 8.26. The van der Waals surface area contributed by atoms with Gasteiger partial charge in [-0.2, -0.15) is 0 Å². The number of nitro benzene ring substituents is 1. The molecule has 1 amide bonds. The van der Waals surface area contributed by atoms with Crippen LogP contribution in [0.3, 0.4) is 0 Å². The molecule has 3 aromatic carbocycles. The lowest BCUT2D eigenvalue weighted by molar-refractivity contribution is -0.384. The number of amides is 1. The van der Waals surface area contributed by atoms with Crippen molar-refractivity contribution in [2.75, 3.05) is 5.32 Å². The highest BCUT2D eigenvalue weighted by atomic mass is 16.6. The molecule has 31 heavy (non-hydrogen) atoms. The van der Waals surface area contributed by atoms with Crippen molar-refractivity contribution in [3.63, 3.8) is 0 Å². The van der Waals surface area contributed by atoms with E-state index in [0.29, 0.717) is 27.9 Å². The third-order valence-electron chi connectivity index (χ3n) is 5.00. The number of nitro groups is 1. The third kappa shape index (κ3) is 4.16. The SMILES string of the molecule is CC(C)(C)c1ccc(C(=O)Nc2ccccc2-c2nc3ccc([N+](=O)[O-])cc3o2)cc1. The Morgan fingerprint density at radius 3 is 2.42 bits per heavy atom. The van der Waals surface area contributed by atoms with Gasteiger partial charge in [-0.25, -0.2) is 4.98 Å². The predicted octanol–water partition coefficient (Wildman–Crippen LogP) is 5.95. The summed E-state index contributed by atoms with van der Waals surface area (Å²) in [5, 5.41) is 13.9. The van der Waals surface area contributed by atoms with Crippen LogP contribution in [0.25, 0.3) is 22.6 Å². The Hall–Kier alpha value is -4.00. The van der Waals surface area contributed by atoms with E-state index in [0.717, 1.165) is 5.56 Å². The Morgan fingerprint density at radius 2 is 1.74 bits per heavy atom. The standard InChI is InChI=1S/C24H21N3O4/c1-24(2,3)16-10-8-15(9-11-16)22(28)25-19-7-5-4-6-18(19)23-26-20-13-12-17(27(29)30)14-21(20)31-23/h4-14H,1-3H3,(H,25,28). The molecule has 0 saturated heterocycles. The Morgan fingerprint density at radius 1 is 1.03 bits per heavy atom. The molecule has 4 rings (SSSR count). The zero-order valence-electron chi connectivity index (χ0n) is 17.4. The fraction of sp³-hybridized carbons (Fsp3) is 0.167. The van der Waals surface area contributed by atoms with Gasteiger partial charge in [0, 0.05) is 11.6 Å². The van der Waals surface area contributed by atoms with Gasteiger partial charge >= 0.3 is 0 Å². The Bertz CT molecular complexity index is 1280. The van der Waals surface area contributed by atoms with E-state index >= 15 is 0 Å². The number of carbonyl (C=O) groups is 1. The maximum absolute atomic E-state index is 12.8. The van der Waals surface area contributed by atoms with E-state index in [4.69, 9.17) is 4.42 Å². The van der Waals surface area contributed by atoms with Gasteiger partial charge < -0.3 is 9.73 Å². The number of non-ortho nitro benzene ring substituents is 1. The van der Waals surface area contributed by atoms with Crippen LogP contribution in [0.2, 0.25) is 0 Å². The lowest BCUT2D eigenvalue weighted by Gasteiger charge is -2.19. The molecule has 0 fully saturated rings. The lowest BCUT2D eigenvalue weighted by Crippen LogP contribution is -2.14. The number of para-hydroxylation sites is 1. The number of benzene rings is 3. The summed E-state index contributed by atoms with van der Waals surface area (Å²) in [6, 6.07) is 18.9. The number of nitrogens with one attached hydrogen (secondary N) is 1. The van der Waals surface area contributed by atoms with Crippen LogP contribution in [0.1, 0.15) is 36.7 Å². The van der Waals surface area contributed by atoms with Gasteiger partial charge in [-0.1, -0.05) is 45.0 Å². The molecule has 0 radical (unpaired) electrons. The van der Waals surface area contributed by atoms with Gasteiger partial charge in [0.25, 0.3) is 11.6 Å². The minimum atomic E-state index is -0.485. The number of oxazole rings is 1. The molecule has 156 valence electrons. The van der Waals surface area contributed by atoms with Crippen LogP contribution in [-0.2, 0) is 5.41 Å². The molecule has 0 saturated carbocycles. The first-order valence-corrected chi connectivity index (χ1v) is 9.79. The number of fused-ring (bicyclic) bond motifs is 1. The normalized spacial score (nSPS) is 11.5. The highest BCUT2D eigenvalue weighted by Gasteiger charge is 2.18. The largest absolute Gasteiger partial charge is 0.436 e. The number of rotatable bonds is 4. The van der Waals surface area contributed by atoms with Crippen LogP contribution in [0, 0.1) is 10.1 Å². The van der Waals surface area contributed by atoms with E-state index in [-0.39, 0.29) is 22.9 Å². The molecule has 1 heterocycles. The first-order valence-electron chi connectivity index (χ1n) is 9.79. The van der Waals surface area contributed by atoms with Crippen LogP contribution < -0.4 is 5.32 Å². The van der Waals surface area contributed by atoms with Crippen LogP contribution in [0.5, 0.6) is 0 Å². The zero-order chi connectivity index (χ0) is 22.2. The van der Waals surface area contributed by atoms with Crippen molar-refractivity contribution in [3.8, 4) is 11.5 Å². The van der Waals surface area contributed by atoms with Gasteiger partial charge in [0.15, 0.2) is 5.58 Å². The summed E-state index contributed by atoms with van der Waals surface area (Å²) in [5.74, 6) is 0.0223. The fourth-order valence-corrected chi connectivity index (χ4v) is 3.24. The van der Waals surface area contributed by atoms with Crippen molar-refractivity contribution in [3.05, 3.63) is 88.0 Å². The third-order valence-corrected chi connectivity index (χ3v) is 5.00. The maximum atomic E-state index is 12.8. The quantitative estimate of drug-likeness (QED) is 0.328. The van der Waals surface area contributed by atoms with Crippen molar-refractivity contribution in [2.24, 2.45) is 0 Å². The van der Waals surface area contributed by atoms with E-state index in [1.54, 1.807) is 42.5 Å². The van der Waals surface area contributed by atoms with Gasteiger partial charge in [0.1, 0.15) is 5.52 Å². The number of anilines is 1. The van der Waals surface area contributed by atoms with E-state index in [1.165, 1.54) is 12.1 Å². The summed E-state index contributed by atoms with van der Waals surface area (Å²) < 4.78 is 5.76. The highest BCUT2D eigenvalue weighted by molar-refractivity contribution is 6.06. The summed E-state index contributed by atoms with van der Waals surface area (Å²) in [7, 11) is 0. The molecular formula is C24H21N3O4. The summed E-state index contributed by atoms with van der Waals surface area (Å²) in [5.41, 5.74) is 3.54. The van der Waals surface area contributed by atoms with Crippen LogP contribution in [0.4, 0.5) is 11.4 Å². The average Bonchev–Trinajstić information content (AvgIpc) is 3.16. The van der Waals surface area contributed by atoms with Crippen LogP contribution >= 0.6 is 0 Å². The second-order valence-electron chi connectivity index (χ2n) is 8.26. The molecule has 0 aliphatic heterocycles. The van der Waals surface area contributed by atoms with Crippen molar-refractivity contribution in [2.45, 2.75) is 26.2 Å². The second kappa shape index (κ2) is 7.68. The Kier molecular flexibility index (Phi) is 5.02. The molecule has 0 aliphatic carbocycles. The van der Waals surface area contributed by atoms with E-state index in [2.05, 4.69) is 31.1 Å². The molecular weight excluding hydrogens is 394 g/mol. The number of hydrogen-bond acceptors (Lipinski definition) is 5. The summed E-state index contributed by atoms with van der Waals surface area (Å²) in [4.78, 5) is 27.8. The molecule has 4 aromatic rings. The van der Waals surface area contributed by atoms with Crippen molar-refractivity contribution in [1.29, 1.82) is 0 Å². The minimum Gasteiger partial charge on any atom is -0.436 e. The number of carbonyl (C=O) groups excluding carboxylic acids is 1.